The Labute approximate surface area is 164 Å². The van der Waals surface area contributed by atoms with Crippen LogP contribution in [0.2, 0.25) is 0 Å². The third-order valence-electron chi connectivity index (χ3n) is 7.03. The number of aliphatic carboxylic acids is 1. The Morgan fingerprint density at radius 2 is 1.93 bits per heavy atom. The van der Waals surface area contributed by atoms with E-state index < -0.39 is 23.6 Å². The van der Waals surface area contributed by atoms with Gasteiger partial charge >= 0.3 is 5.97 Å². The highest BCUT2D eigenvalue weighted by Gasteiger charge is 2.69. The van der Waals surface area contributed by atoms with Crippen LogP contribution < -0.4 is 0 Å². The van der Waals surface area contributed by atoms with Crippen molar-refractivity contribution in [1.29, 1.82) is 0 Å². The van der Waals surface area contributed by atoms with Gasteiger partial charge < -0.3 is 14.6 Å². The molecule has 7 atom stereocenters. The molecule has 5 aliphatic rings. The van der Waals surface area contributed by atoms with Crippen molar-refractivity contribution in [2.24, 2.45) is 28.7 Å². The molecule has 7 unspecified atom stereocenters. The molecule has 0 aromatic carbocycles. The molecule has 1 aliphatic carbocycles. The van der Waals surface area contributed by atoms with E-state index in [1.807, 2.05) is 13.8 Å². The van der Waals surface area contributed by atoms with Gasteiger partial charge in [0, 0.05) is 30.6 Å². The first-order valence-electron chi connectivity index (χ1n) is 10.2. The maximum Gasteiger partial charge on any atom is 0.303 e. The highest BCUT2D eigenvalue weighted by molar-refractivity contribution is 5.87. The minimum Gasteiger partial charge on any atom is -0.481 e. The Hall–Kier alpha value is -1.51. The smallest absolute Gasteiger partial charge is 0.303 e. The Bertz CT molecular complexity index is 694. The van der Waals surface area contributed by atoms with E-state index in [4.69, 9.17) is 24.4 Å². The SMILES string of the molecule is CC1CCC2C(C)C(=NCC(=O)CCC(=O)O)OC3OC4(C)CCC1C32OO4. The number of carbonyl (C=O) groups is 2. The molecule has 0 aromatic heterocycles. The largest absolute Gasteiger partial charge is 0.481 e. The number of rotatable bonds is 5. The first kappa shape index (κ1) is 19.8. The summed E-state index contributed by atoms with van der Waals surface area (Å²) in [5.41, 5.74) is -0.653. The lowest BCUT2D eigenvalue weighted by Gasteiger charge is -2.58. The zero-order valence-corrected chi connectivity index (χ0v) is 16.7. The zero-order chi connectivity index (χ0) is 20.1. The van der Waals surface area contributed by atoms with E-state index in [1.54, 1.807) is 0 Å². The van der Waals surface area contributed by atoms with E-state index in [0.717, 1.165) is 25.7 Å². The first-order chi connectivity index (χ1) is 13.2. The summed E-state index contributed by atoms with van der Waals surface area (Å²) >= 11 is 0. The topological polar surface area (TPSA) is 104 Å². The van der Waals surface area contributed by atoms with E-state index >= 15 is 0 Å². The maximum absolute atomic E-state index is 12.0. The molecule has 8 heteroatoms. The van der Waals surface area contributed by atoms with Crippen LogP contribution in [-0.4, -0.2) is 47.0 Å². The predicted molar refractivity (Wildman–Crippen MR) is 97.2 cm³/mol. The number of hydrogen-bond donors (Lipinski definition) is 1. The van der Waals surface area contributed by atoms with Crippen molar-refractivity contribution in [1.82, 2.24) is 0 Å². The molecule has 0 aromatic rings. The number of carbonyl (C=O) groups excluding carboxylic acids is 1. The number of ketones is 1. The molecule has 5 rings (SSSR count). The van der Waals surface area contributed by atoms with E-state index in [-0.39, 0.29) is 42.9 Å². The number of carboxylic acids is 1. The lowest BCUT2D eigenvalue weighted by atomic mass is 9.58. The number of hydrogen-bond acceptors (Lipinski definition) is 7. The van der Waals surface area contributed by atoms with Crippen LogP contribution in [0, 0.1) is 23.7 Å². The fourth-order valence-corrected chi connectivity index (χ4v) is 5.45. The summed E-state index contributed by atoms with van der Waals surface area (Å²) < 4.78 is 12.4. The molecule has 4 saturated heterocycles. The van der Waals surface area contributed by atoms with E-state index in [1.165, 1.54) is 0 Å². The standard InChI is InChI=1S/C20H29NO7/c1-11-4-6-15-12(2)17(21-10-13(22)5-7-16(23)24)25-18-20(15)14(11)8-9-19(3,26-18)27-28-20/h11-12,14-15,18H,4-10H2,1-3H3,(H,23,24). The van der Waals surface area contributed by atoms with Crippen LogP contribution in [0.3, 0.4) is 0 Å². The van der Waals surface area contributed by atoms with Gasteiger partial charge in [-0.05, 0) is 32.1 Å². The second-order valence-electron chi connectivity index (χ2n) is 8.90. The monoisotopic (exact) mass is 395 g/mol. The van der Waals surface area contributed by atoms with Crippen LogP contribution in [0.15, 0.2) is 4.99 Å². The van der Waals surface area contributed by atoms with E-state index in [0.29, 0.717) is 11.8 Å². The third-order valence-corrected chi connectivity index (χ3v) is 7.03. The Morgan fingerprint density at radius 1 is 1.14 bits per heavy atom. The Morgan fingerprint density at radius 3 is 2.68 bits per heavy atom. The highest BCUT2D eigenvalue weighted by atomic mass is 17.3. The average molecular weight is 395 g/mol. The van der Waals surface area contributed by atoms with Gasteiger partial charge in [0.25, 0.3) is 0 Å². The fourth-order valence-electron chi connectivity index (χ4n) is 5.45. The predicted octanol–water partition coefficient (Wildman–Crippen LogP) is 2.70. The van der Waals surface area contributed by atoms with Crippen molar-refractivity contribution in [2.75, 3.05) is 6.54 Å². The van der Waals surface area contributed by atoms with Crippen LogP contribution in [-0.2, 0) is 28.8 Å². The van der Waals surface area contributed by atoms with Crippen molar-refractivity contribution in [3.63, 3.8) is 0 Å². The Balaban J connectivity index is 1.58. The van der Waals surface area contributed by atoms with Crippen molar-refractivity contribution in [3.05, 3.63) is 0 Å². The van der Waals surface area contributed by atoms with Crippen molar-refractivity contribution in [3.8, 4) is 0 Å². The zero-order valence-electron chi connectivity index (χ0n) is 16.7. The molecule has 8 nitrogen and oxygen atoms in total. The van der Waals surface area contributed by atoms with Gasteiger partial charge in [-0.3, -0.25) is 9.59 Å². The molecular weight excluding hydrogens is 366 g/mol. The number of Topliss-reactive ketones (excluding diaryl/α,β-unsaturated/α-hetero) is 1. The van der Waals surface area contributed by atoms with Gasteiger partial charge in [0.05, 0.1) is 6.42 Å². The molecule has 1 saturated carbocycles. The minimum absolute atomic E-state index is 0.0254. The van der Waals surface area contributed by atoms with Gasteiger partial charge in [-0.25, -0.2) is 14.8 Å². The number of nitrogens with zero attached hydrogens (tertiary/aromatic N) is 1. The number of fused-ring (bicyclic) bond motifs is 2. The normalized spacial score (nSPS) is 45.8. The molecule has 5 fully saturated rings. The minimum atomic E-state index is -0.985. The second-order valence-corrected chi connectivity index (χ2v) is 8.90. The number of carboxylic acid groups (broad SMARTS) is 1. The van der Waals surface area contributed by atoms with Gasteiger partial charge in [-0.2, -0.15) is 0 Å². The van der Waals surface area contributed by atoms with Gasteiger partial charge in [0.15, 0.2) is 17.3 Å². The number of ether oxygens (including phenoxy) is 2. The summed E-state index contributed by atoms with van der Waals surface area (Å²) in [5.74, 6) is -0.689. The summed E-state index contributed by atoms with van der Waals surface area (Å²) in [6.07, 6.45) is 2.93. The van der Waals surface area contributed by atoms with Crippen LogP contribution in [0.1, 0.15) is 59.3 Å². The summed E-state index contributed by atoms with van der Waals surface area (Å²) in [4.78, 5) is 38.8. The summed E-state index contributed by atoms with van der Waals surface area (Å²) in [5, 5.41) is 8.73. The van der Waals surface area contributed by atoms with Crippen molar-refractivity contribution in [2.45, 2.75) is 77.0 Å². The summed E-state index contributed by atoms with van der Waals surface area (Å²) in [6, 6.07) is 0. The number of aliphatic imine (C=N–C) groups is 1. The van der Waals surface area contributed by atoms with Crippen LogP contribution in [0.4, 0.5) is 0 Å². The quantitative estimate of drug-likeness (QED) is 0.714. The van der Waals surface area contributed by atoms with Crippen LogP contribution in [0.25, 0.3) is 0 Å². The van der Waals surface area contributed by atoms with Gasteiger partial charge in [-0.15, -0.1) is 0 Å². The van der Waals surface area contributed by atoms with Crippen molar-refractivity contribution >= 4 is 17.7 Å². The summed E-state index contributed by atoms with van der Waals surface area (Å²) in [7, 11) is 0. The molecule has 28 heavy (non-hydrogen) atoms. The molecule has 156 valence electrons. The molecule has 4 aliphatic heterocycles. The van der Waals surface area contributed by atoms with E-state index in [2.05, 4.69) is 11.9 Å². The third kappa shape index (κ3) is 3.15. The molecule has 0 amide bonds. The summed E-state index contributed by atoms with van der Waals surface area (Å²) in [6.45, 7) is 6.09. The second kappa shape index (κ2) is 7.07. The molecular formula is C20H29NO7. The van der Waals surface area contributed by atoms with Gasteiger partial charge in [-0.1, -0.05) is 13.8 Å². The van der Waals surface area contributed by atoms with Crippen LogP contribution in [0.5, 0.6) is 0 Å². The van der Waals surface area contributed by atoms with Crippen LogP contribution >= 0.6 is 0 Å². The lowest BCUT2D eigenvalue weighted by molar-refractivity contribution is -0.557. The van der Waals surface area contributed by atoms with Gasteiger partial charge in [0.2, 0.25) is 12.1 Å². The fraction of sp³-hybridized carbons (Fsp3) is 0.850. The molecule has 2 bridgehead atoms. The highest BCUT2D eigenvalue weighted by Crippen LogP contribution is 2.59. The molecule has 1 N–H and O–H groups in total. The molecule has 4 heterocycles. The average Bonchev–Trinajstić information content (AvgIpc) is 2.88. The molecule has 1 spiro atoms. The molecule has 0 radical (unpaired) electrons. The Kier molecular flexibility index (Phi) is 5.00. The lowest BCUT2D eigenvalue weighted by Crippen LogP contribution is -2.69. The van der Waals surface area contributed by atoms with Crippen molar-refractivity contribution < 1.29 is 33.9 Å². The maximum atomic E-state index is 12.0. The van der Waals surface area contributed by atoms with Gasteiger partial charge in [0.1, 0.15) is 6.54 Å². The first-order valence-corrected chi connectivity index (χ1v) is 10.2. The van der Waals surface area contributed by atoms with E-state index in [9.17, 15) is 9.59 Å².